The Balaban J connectivity index is 1.48. The minimum Gasteiger partial charge on any atom is -0.444 e. The zero-order valence-electron chi connectivity index (χ0n) is 27.0. The lowest BCUT2D eigenvalue weighted by atomic mass is 10.1. The zero-order chi connectivity index (χ0) is 33.3. The Kier molecular flexibility index (Phi) is 11.5. The van der Waals surface area contributed by atoms with Crippen LogP contribution in [-0.2, 0) is 34.0 Å². The highest BCUT2D eigenvalue weighted by Gasteiger charge is 2.24. The smallest absolute Gasteiger partial charge is 0.413 e. The number of para-hydroxylation sites is 1. The van der Waals surface area contributed by atoms with Gasteiger partial charge in [-0.1, -0.05) is 29.7 Å². The van der Waals surface area contributed by atoms with Gasteiger partial charge in [-0.2, -0.15) is 0 Å². The Morgan fingerprint density at radius 1 is 1.09 bits per heavy atom. The van der Waals surface area contributed by atoms with Gasteiger partial charge in [0, 0.05) is 29.9 Å². The molecule has 0 spiro atoms. The highest BCUT2D eigenvalue weighted by molar-refractivity contribution is 6.09. The van der Waals surface area contributed by atoms with Gasteiger partial charge in [-0.15, -0.1) is 0 Å². The summed E-state index contributed by atoms with van der Waals surface area (Å²) >= 11 is 0. The number of rotatable bonds is 15. The van der Waals surface area contributed by atoms with Crippen LogP contribution in [0.1, 0.15) is 69.0 Å². The maximum absolute atomic E-state index is 13.1. The fraction of sp³-hybridized carbons (Fsp3) is 0.455. The van der Waals surface area contributed by atoms with Gasteiger partial charge in [0.2, 0.25) is 0 Å². The molecule has 0 saturated heterocycles. The summed E-state index contributed by atoms with van der Waals surface area (Å²) in [6.45, 7) is 10.4. The molecule has 2 heterocycles. The third-order valence-corrected chi connectivity index (χ3v) is 7.17. The van der Waals surface area contributed by atoms with E-state index >= 15 is 0 Å². The van der Waals surface area contributed by atoms with E-state index in [0.29, 0.717) is 42.2 Å². The number of azide groups is 1. The lowest BCUT2D eigenvalue weighted by Crippen LogP contribution is -2.27. The largest absolute Gasteiger partial charge is 0.444 e. The second-order valence-corrected chi connectivity index (χ2v) is 11.7. The van der Waals surface area contributed by atoms with Gasteiger partial charge in [-0.3, -0.25) is 10.1 Å². The average Bonchev–Trinajstić information content (AvgIpc) is 3.35. The number of carbonyl (C=O) groups is 2. The Morgan fingerprint density at radius 3 is 2.52 bits per heavy atom. The molecule has 0 aliphatic rings. The van der Waals surface area contributed by atoms with Crippen molar-refractivity contribution in [3.8, 4) is 5.75 Å². The molecule has 0 atom stereocenters. The first-order chi connectivity index (χ1) is 22.0. The molecule has 0 radical (unpaired) electrons. The number of imidazole rings is 1. The number of ether oxygens (including phenoxy) is 3. The van der Waals surface area contributed by atoms with Crippen LogP contribution >= 0.6 is 0 Å². The van der Waals surface area contributed by atoms with E-state index in [1.807, 2.05) is 61.7 Å². The molecule has 0 saturated carbocycles. The summed E-state index contributed by atoms with van der Waals surface area (Å²) in [7, 11) is 0. The van der Waals surface area contributed by atoms with Crippen molar-refractivity contribution in [2.24, 2.45) is 5.11 Å². The Bertz CT molecular complexity index is 1730. The van der Waals surface area contributed by atoms with E-state index < -0.39 is 11.7 Å². The molecule has 2 aromatic heterocycles. The number of hydrogen-bond donors (Lipinski definition) is 2. The number of pyridine rings is 1. The molecule has 244 valence electrons. The number of hydrogen-bond acceptors (Lipinski definition) is 9. The van der Waals surface area contributed by atoms with Gasteiger partial charge in [0.25, 0.3) is 0 Å². The van der Waals surface area contributed by atoms with Gasteiger partial charge in [0.15, 0.2) is 5.82 Å². The summed E-state index contributed by atoms with van der Waals surface area (Å²) in [6, 6.07) is 11.2. The van der Waals surface area contributed by atoms with Crippen LogP contribution in [0.5, 0.6) is 5.75 Å². The number of aliphatic hydroxyl groups is 1. The second kappa shape index (κ2) is 15.5. The predicted octanol–water partition coefficient (Wildman–Crippen LogP) is 7.03. The number of carbonyl (C=O) groups excluding carboxylic acids is 2. The second-order valence-electron chi connectivity index (χ2n) is 11.7. The summed E-state index contributed by atoms with van der Waals surface area (Å²) in [5.74, 6) is 0.991. The first-order valence-corrected chi connectivity index (χ1v) is 15.3. The van der Waals surface area contributed by atoms with Crippen molar-refractivity contribution in [3.63, 3.8) is 0 Å². The number of nitrogens with zero attached hydrogens (tertiary/aromatic N) is 6. The van der Waals surface area contributed by atoms with Crippen molar-refractivity contribution < 1.29 is 28.9 Å². The molecule has 0 fully saturated rings. The summed E-state index contributed by atoms with van der Waals surface area (Å²) in [5.41, 5.74) is 11.3. The molecule has 0 unspecified atom stereocenters. The minimum atomic E-state index is -1.04. The van der Waals surface area contributed by atoms with Gasteiger partial charge in [-0.25, -0.2) is 14.8 Å². The van der Waals surface area contributed by atoms with E-state index in [9.17, 15) is 14.7 Å². The summed E-state index contributed by atoms with van der Waals surface area (Å²) < 4.78 is 18.8. The monoisotopic (exact) mass is 631 g/mol. The van der Waals surface area contributed by atoms with E-state index in [0.717, 1.165) is 40.4 Å². The molecule has 13 nitrogen and oxygen atoms in total. The van der Waals surface area contributed by atoms with Gasteiger partial charge in [0.05, 0.1) is 23.2 Å². The standard InChI is InChI=1S/C33H41N7O6/c1-6-44-19-26-37-28-29(40(26)20-33(4,5)43)24-12-9-10-13-25(24)36-31(28)38-32(42)45-18-23-16-21(2)30(22(3)17-23)46-27(41)14-8-7-11-15-35-39-34/h9-10,12-13,16-17,43H,6-8,11,14-15,18-20H2,1-5H3,(H,36,38,42). The van der Waals surface area contributed by atoms with Gasteiger partial charge in [0.1, 0.15) is 30.3 Å². The number of anilines is 1. The number of benzene rings is 2. The molecule has 0 aliphatic heterocycles. The fourth-order valence-corrected chi connectivity index (χ4v) is 5.23. The van der Waals surface area contributed by atoms with Crippen molar-refractivity contribution in [2.75, 3.05) is 18.5 Å². The fourth-order valence-electron chi connectivity index (χ4n) is 5.23. The molecule has 4 aromatic rings. The van der Waals surface area contributed by atoms with Crippen LogP contribution in [0.3, 0.4) is 0 Å². The van der Waals surface area contributed by atoms with Crippen LogP contribution in [0.25, 0.3) is 32.4 Å². The van der Waals surface area contributed by atoms with E-state index in [1.165, 1.54) is 0 Å². The molecule has 2 aromatic carbocycles. The third kappa shape index (κ3) is 8.94. The number of aryl methyl sites for hydroxylation is 2. The minimum absolute atomic E-state index is 0.0215. The Labute approximate surface area is 267 Å². The average molecular weight is 632 g/mol. The maximum atomic E-state index is 13.1. The SMILES string of the molecule is CCOCc1nc2c(NC(=O)OCc3cc(C)c(OC(=O)CCCCCN=[N+]=[N-])c(C)c3)nc3ccccc3c2n1CC(C)(C)O. The number of amides is 1. The Hall–Kier alpha value is -4.71. The van der Waals surface area contributed by atoms with E-state index in [-0.39, 0.29) is 38.0 Å². The molecular formula is C33H41N7O6. The van der Waals surface area contributed by atoms with Crippen molar-refractivity contribution in [1.82, 2.24) is 14.5 Å². The highest BCUT2D eigenvalue weighted by Crippen LogP contribution is 2.32. The molecule has 13 heteroatoms. The van der Waals surface area contributed by atoms with E-state index in [4.69, 9.17) is 24.7 Å². The number of fused-ring (bicyclic) bond motifs is 3. The van der Waals surface area contributed by atoms with Crippen molar-refractivity contribution in [3.05, 3.63) is 69.4 Å². The number of nitrogens with one attached hydrogen (secondary N) is 1. The molecule has 2 N–H and O–H groups in total. The highest BCUT2D eigenvalue weighted by atomic mass is 16.5. The number of aromatic nitrogens is 3. The summed E-state index contributed by atoms with van der Waals surface area (Å²) in [4.78, 5) is 37.6. The van der Waals surface area contributed by atoms with Crippen LogP contribution < -0.4 is 10.1 Å². The third-order valence-electron chi connectivity index (χ3n) is 7.17. The Morgan fingerprint density at radius 2 is 1.83 bits per heavy atom. The van der Waals surface area contributed by atoms with E-state index in [2.05, 4.69) is 20.3 Å². The predicted molar refractivity (Wildman–Crippen MR) is 175 cm³/mol. The lowest BCUT2D eigenvalue weighted by Gasteiger charge is -2.20. The zero-order valence-corrected chi connectivity index (χ0v) is 27.0. The quantitative estimate of drug-likeness (QED) is 0.0351. The van der Waals surface area contributed by atoms with Crippen LogP contribution in [0.2, 0.25) is 0 Å². The van der Waals surface area contributed by atoms with Crippen LogP contribution in [0.4, 0.5) is 10.6 Å². The van der Waals surface area contributed by atoms with Gasteiger partial charge in [-0.05, 0) is 87.9 Å². The summed E-state index contributed by atoms with van der Waals surface area (Å²) in [6.07, 6.45) is 1.69. The maximum Gasteiger partial charge on any atom is 0.413 e. The number of unbranched alkanes of at least 4 members (excludes halogenated alkanes) is 2. The molecule has 0 bridgehead atoms. The normalized spacial score (nSPS) is 11.4. The van der Waals surface area contributed by atoms with Crippen LogP contribution in [0.15, 0.2) is 41.5 Å². The number of esters is 1. The van der Waals surface area contributed by atoms with Gasteiger partial charge >= 0.3 is 12.1 Å². The lowest BCUT2D eigenvalue weighted by molar-refractivity contribution is -0.134. The van der Waals surface area contributed by atoms with Crippen molar-refractivity contribution in [1.29, 1.82) is 0 Å². The summed E-state index contributed by atoms with van der Waals surface area (Å²) in [5, 5.41) is 17.8. The first-order valence-electron chi connectivity index (χ1n) is 15.3. The van der Waals surface area contributed by atoms with Crippen molar-refractivity contribution >= 4 is 39.8 Å². The van der Waals surface area contributed by atoms with Crippen LogP contribution in [-0.4, -0.2) is 50.5 Å². The van der Waals surface area contributed by atoms with Crippen molar-refractivity contribution in [2.45, 2.75) is 85.7 Å². The molecule has 0 aliphatic carbocycles. The van der Waals surface area contributed by atoms with Gasteiger partial charge < -0.3 is 23.9 Å². The van der Waals surface area contributed by atoms with Crippen LogP contribution in [0, 0.1) is 13.8 Å². The topological polar surface area (TPSA) is 174 Å². The van der Waals surface area contributed by atoms with E-state index in [1.54, 1.807) is 13.8 Å². The molecule has 46 heavy (non-hydrogen) atoms. The molecule has 4 rings (SSSR count). The molecule has 1 amide bonds. The molecular weight excluding hydrogens is 590 g/mol. The first kappa shape index (κ1) is 34.2.